The third-order valence-corrected chi connectivity index (χ3v) is 2.80. The van der Waals surface area contributed by atoms with Gasteiger partial charge in [-0.05, 0) is 22.2 Å². The lowest BCUT2D eigenvalue weighted by molar-refractivity contribution is 0.108. The lowest BCUT2D eigenvalue weighted by atomic mass is 10.2. The maximum Gasteiger partial charge on any atom is 0.0725 e. The van der Waals surface area contributed by atoms with Gasteiger partial charge in [0.1, 0.15) is 0 Å². The van der Waals surface area contributed by atoms with Crippen LogP contribution in [0.15, 0.2) is 58.8 Å². The molecule has 2 aromatic rings. The Labute approximate surface area is 121 Å². The van der Waals surface area contributed by atoms with Crippen molar-refractivity contribution >= 4 is 11.4 Å². The van der Waals surface area contributed by atoms with Crippen LogP contribution in [-0.4, -0.2) is 0 Å². The van der Waals surface area contributed by atoms with E-state index in [4.69, 9.17) is 15.8 Å². The Morgan fingerprint density at radius 2 is 1.19 bits per heavy atom. The van der Waals surface area contributed by atoms with Crippen molar-refractivity contribution in [1.29, 1.82) is 0 Å². The van der Waals surface area contributed by atoms with Gasteiger partial charge in [0.05, 0.1) is 13.2 Å². The van der Waals surface area contributed by atoms with Crippen molar-refractivity contribution in [2.45, 2.75) is 13.2 Å². The summed E-state index contributed by atoms with van der Waals surface area (Å²) < 4.78 is 5.61. The average molecular weight is 280 g/mol. The lowest BCUT2D eigenvalue weighted by Gasteiger charge is -2.08. The van der Waals surface area contributed by atoms with Crippen molar-refractivity contribution in [3.63, 3.8) is 0 Å². The molecule has 0 unspecified atom stereocenters. The Balaban J connectivity index is 2.05. The van der Waals surface area contributed by atoms with Crippen LogP contribution >= 0.6 is 0 Å². The number of nitrogens with zero attached hydrogens (tertiary/aromatic N) is 6. The van der Waals surface area contributed by atoms with Crippen molar-refractivity contribution in [2.75, 3.05) is 0 Å². The molecule has 0 saturated heterocycles. The van der Waals surface area contributed by atoms with Gasteiger partial charge in [-0.25, -0.2) is 0 Å². The second-order valence-electron chi connectivity index (χ2n) is 4.13. The first-order valence-corrected chi connectivity index (χ1v) is 6.19. The Morgan fingerprint density at radius 1 is 0.762 bits per heavy atom. The van der Waals surface area contributed by atoms with Gasteiger partial charge in [-0.2, -0.15) is 0 Å². The second kappa shape index (κ2) is 7.57. The first kappa shape index (κ1) is 14.4. The van der Waals surface area contributed by atoms with Gasteiger partial charge in [-0.15, -0.1) is 0 Å². The van der Waals surface area contributed by atoms with Gasteiger partial charge in [-0.3, -0.25) is 0 Å². The minimum Gasteiger partial charge on any atom is -0.372 e. The van der Waals surface area contributed by atoms with Crippen LogP contribution in [0.3, 0.4) is 0 Å². The number of azide groups is 2. The molecule has 0 fully saturated rings. The fraction of sp³-hybridized carbons (Fsp3) is 0.143. The predicted octanol–water partition coefficient (Wildman–Crippen LogP) is 5.29. The summed E-state index contributed by atoms with van der Waals surface area (Å²) in [5, 5.41) is 7.23. The van der Waals surface area contributed by atoms with Crippen LogP contribution in [0.1, 0.15) is 11.1 Å². The zero-order valence-electron chi connectivity index (χ0n) is 11.1. The van der Waals surface area contributed by atoms with Gasteiger partial charge >= 0.3 is 0 Å². The highest BCUT2D eigenvalue weighted by Crippen LogP contribution is 2.22. The minimum atomic E-state index is 0.305. The SMILES string of the molecule is [N-]=[N+]=Nc1ccccc1COCc1ccccc1N=[N+]=[N-]. The van der Waals surface area contributed by atoms with E-state index < -0.39 is 0 Å². The molecular weight excluding hydrogens is 268 g/mol. The van der Waals surface area contributed by atoms with Crippen LogP contribution in [0.5, 0.6) is 0 Å². The van der Waals surface area contributed by atoms with Gasteiger partial charge in [0.2, 0.25) is 0 Å². The standard InChI is InChI=1S/C14H12N6O/c15-19-17-13-7-3-1-5-11(13)9-21-10-12-6-2-4-8-14(12)18-20-16/h1-8H,9-10H2. The Hall–Kier alpha value is -2.98. The molecule has 104 valence electrons. The summed E-state index contributed by atoms with van der Waals surface area (Å²) in [5.74, 6) is 0. The summed E-state index contributed by atoms with van der Waals surface area (Å²) in [6, 6.07) is 14.4. The molecule has 0 bridgehead atoms. The minimum absolute atomic E-state index is 0.305. The molecule has 2 aromatic carbocycles. The van der Waals surface area contributed by atoms with Gasteiger partial charge in [-0.1, -0.05) is 58.8 Å². The normalized spacial score (nSPS) is 9.52. The summed E-state index contributed by atoms with van der Waals surface area (Å²) in [7, 11) is 0. The Morgan fingerprint density at radius 3 is 1.62 bits per heavy atom. The topological polar surface area (TPSA) is 107 Å². The summed E-state index contributed by atoms with van der Waals surface area (Å²) >= 11 is 0. The van der Waals surface area contributed by atoms with E-state index >= 15 is 0 Å². The summed E-state index contributed by atoms with van der Waals surface area (Å²) in [6.45, 7) is 0.611. The monoisotopic (exact) mass is 280 g/mol. The van der Waals surface area contributed by atoms with Crippen LogP contribution in [0.25, 0.3) is 20.9 Å². The zero-order chi connectivity index (χ0) is 14.9. The van der Waals surface area contributed by atoms with Crippen LogP contribution < -0.4 is 0 Å². The second-order valence-corrected chi connectivity index (χ2v) is 4.13. The Kier molecular flexibility index (Phi) is 5.20. The van der Waals surface area contributed by atoms with E-state index in [-0.39, 0.29) is 0 Å². The van der Waals surface area contributed by atoms with Crippen molar-refractivity contribution < 1.29 is 4.74 Å². The smallest absolute Gasteiger partial charge is 0.0725 e. The van der Waals surface area contributed by atoms with E-state index in [1.165, 1.54) is 0 Å². The molecule has 7 heteroatoms. The number of ether oxygens (including phenoxy) is 1. The molecule has 0 spiro atoms. The summed E-state index contributed by atoms with van der Waals surface area (Å²) in [6.07, 6.45) is 0. The van der Waals surface area contributed by atoms with E-state index in [9.17, 15) is 0 Å². The predicted molar refractivity (Wildman–Crippen MR) is 79.0 cm³/mol. The molecule has 7 nitrogen and oxygen atoms in total. The van der Waals surface area contributed by atoms with E-state index in [0.29, 0.717) is 24.6 Å². The molecule has 2 rings (SSSR count). The van der Waals surface area contributed by atoms with Crippen molar-refractivity contribution in [3.05, 3.63) is 80.5 Å². The molecule has 0 aromatic heterocycles. The van der Waals surface area contributed by atoms with E-state index in [1.54, 1.807) is 24.3 Å². The highest BCUT2D eigenvalue weighted by atomic mass is 16.5. The maximum atomic E-state index is 8.51. The number of hydrogen-bond donors (Lipinski definition) is 0. The number of hydrogen-bond acceptors (Lipinski definition) is 3. The fourth-order valence-electron chi connectivity index (χ4n) is 1.83. The fourth-order valence-corrected chi connectivity index (χ4v) is 1.83. The van der Waals surface area contributed by atoms with Crippen LogP contribution in [-0.2, 0) is 18.0 Å². The molecule has 0 aliphatic carbocycles. The summed E-state index contributed by atoms with van der Waals surface area (Å²) in [4.78, 5) is 5.57. The largest absolute Gasteiger partial charge is 0.372 e. The molecule has 0 aliphatic heterocycles. The van der Waals surface area contributed by atoms with Gasteiger partial charge in [0.25, 0.3) is 0 Å². The van der Waals surface area contributed by atoms with Crippen LogP contribution in [0, 0.1) is 0 Å². The van der Waals surface area contributed by atoms with Crippen molar-refractivity contribution in [2.24, 2.45) is 10.2 Å². The zero-order valence-corrected chi connectivity index (χ0v) is 11.1. The van der Waals surface area contributed by atoms with E-state index in [0.717, 1.165) is 11.1 Å². The molecule has 0 N–H and O–H groups in total. The van der Waals surface area contributed by atoms with Crippen molar-refractivity contribution in [1.82, 2.24) is 0 Å². The van der Waals surface area contributed by atoms with E-state index in [2.05, 4.69) is 20.1 Å². The van der Waals surface area contributed by atoms with Gasteiger partial charge < -0.3 is 4.74 Å². The number of rotatable bonds is 6. The molecule has 0 aliphatic rings. The van der Waals surface area contributed by atoms with Crippen LogP contribution in [0.4, 0.5) is 11.4 Å². The molecule has 0 amide bonds. The quantitative estimate of drug-likeness (QED) is 0.400. The van der Waals surface area contributed by atoms with Crippen molar-refractivity contribution in [3.8, 4) is 0 Å². The molecule has 0 heterocycles. The molecular formula is C14H12N6O. The first-order chi connectivity index (χ1) is 10.3. The summed E-state index contributed by atoms with van der Waals surface area (Å²) in [5.41, 5.74) is 19.7. The van der Waals surface area contributed by atoms with Gasteiger partial charge in [0, 0.05) is 21.2 Å². The highest BCUT2D eigenvalue weighted by Gasteiger charge is 2.02. The first-order valence-electron chi connectivity index (χ1n) is 6.19. The molecule has 0 radical (unpaired) electrons. The maximum absolute atomic E-state index is 8.51. The number of benzene rings is 2. The van der Waals surface area contributed by atoms with Gasteiger partial charge in [0.15, 0.2) is 0 Å². The lowest BCUT2D eigenvalue weighted by Crippen LogP contribution is -1.94. The Bertz CT molecular complexity index is 655. The highest BCUT2D eigenvalue weighted by molar-refractivity contribution is 5.46. The van der Waals surface area contributed by atoms with Crippen LogP contribution in [0.2, 0.25) is 0 Å². The average Bonchev–Trinajstić information content (AvgIpc) is 2.51. The molecule has 0 saturated carbocycles. The van der Waals surface area contributed by atoms with E-state index in [1.807, 2.05) is 24.3 Å². The third-order valence-electron chi connectivity index (χ3n) is 2.80. The third kappa shape index (κ3) is 3.99. The molecule has 0 atom stereocenters. The molecule has 21 heavy (non-hydrogen) atoms.